The van der Waals surface area contributed by atoms with Gasteiger partial charge in [0.1, 0.15) is 0 Å². The summed E-state index contributed by atoms with van der Waals surface area (Å²) in [6.45, 7) is 1.93. The van der Waals surface area contributed by atoms with Gasteiger partial charge in [-0.2, -0.15) is 0 Å². The van der Waals surface area contributed by atoms with Crippen LogP contribution in [0.5, 0.6) is 0 Å². The van der Waals surface area contributed by atoms with E-state index < -0.39 is 6.26 Å². The van der Waals surface area contributed by atoms with E-state index in [0.29, 0.717) is 0 Å². The number of hydrogen-bond donors (Lipinski definition) is 0. The predicted molar refractivity (Wildman–Crippen MR) is 78.9 cm³/mol. The van der Waals surface area contributed by atoms with Crippen molar-refractivity contribution in [2.24, 2.45) is 0 Å². The first kappa shape index (κ1) is 17.2. The molecule has 5 heteroatoms. The molecule has 0 heterocycles. The van der Waals surface area contributed by atoms with Crippen molar-refractivity contribution in [3.8, 4) is 0 Å². The smallest absolute Gasteiger partial charge is 0.814 e. The van der Waals surface area contributed by atoms with Crippen LogP contribution in [0.1, 0.15) is 5.56 Å². The number of benzene rings is 2. The van der Waals surface area contributed by atoms with Crippen LogP contribution >= 0.6 is 22.2 Å². The summed E-state index contributed by atoms with van der Waals surface area (Å²) in [4.78, 5) is 12.7. The normalized spacial score (nSPS) is 13.5. The predicted octanol–water partition coefficient (Wildman–Crippen LogP) is -0.533. The first-order chi connectivity index (χ1) is 8.01. The summed E-state index contributed by atoms with van der Waals surface area (Å²) in [7, 11) is 0. The van der Waals surface area contributed by atoms with Crippen molar-refractivity contribution >= 4 is 44.6 Å². The number of hydrogen-bond acceptors (Lipinski definition) is 2. The van der Waals surface area contributed by atoms with E-state index in [0.717, 1.165) is 20.6 Å². The number of rotatable bonds is 2. The molecule has 2 aromatic rings. The molecular weight excluding hydrogens is 354 g/mol. The van der Waals surface area contributed by atoms with Crippen LogP contribution in [0.15, 0.2) is 53.0 Å². The number of halogens is 1. The van der Waals surface area contributed by atoms with Crippen LogP contribution in [0.4, 0.5) is 0 Å². The molecule has 1 nitrogen and oxygen atoms in total. The molecule has 0 fully saturated rings. The third-order valence-electron chi connectivity index (χ3n) is 2.57. The van der Waals surface area contributed by atoms with E-state index in [1.807, 2.05) is 55.5 Å². The molecule has 2 aromatic carbocycles. The summed E-state index contributed by atoms with van der Waals surface area (Å²) >= 11 is 8.74. The summed E-state index contributed by atoms with van der Waals surface area (Å²) in [5.74, 6) is 0. The van der Waals surface area contributed by atoms with Crippen molar-refractivity contribution in [2.75, 3.05) is 0 Å². The van der Waals surface area contributed by atoms with E-state index in [4.69, 9.17) is 11.8 Å². The summed E-state index contributed by atoms with van der Waals surface area (Å²) in [6.07, 6.45) is -2.89. The molecule has 1 atom stereocenters. The van der Waals surface area contributed by atoms with Crippen LogP contribution < -0.4 is 66.9 Å². The molecule has 88 valence electrons. The second kappa shape index (κ2) is 7.25. The van der Waals surface area contributed by atoms with Gasteiger partial charge in [-0.25, -0.2) is 0 Å². The van der Waals surface area contributed by atoms with Gasteiger partial charge in [-0.3, -0.25) is 0 Å². The van der Waals surface area contributed by atoms with Gasteiger partial charge in [0.25, 0.3) is 0 Å². The zero-order valence-electron chi connectivity index (χ0n) is 10.3. The molecule has 18 heavy (non-hydrogen) atoms. The second-order valence-electron chi connectivity index (χ2n) is 3.82. The van der Waals surface area contributed by atoms with Crippen LogP contribution in [0.2, 0.25) is 0 Å². The fourth-order valence-corrected chi connectivity index (χ4v) is 4.81. The summed E-state index contributed by atoms with van der Waals surface area (Å²) in [5.41, 5.74) is 0.960. The SMILES string of the molecule is Cc1cc(Br)ccc1P([O-])(=S)c1ccccc1.[K+]. The molecule has 0 aromatic heterocycles. The Morgan fingerprint density at radius 2 is 1.72 bits per heavy atom. The van der Waals surface area contributed by atoms with E-state index >= 15 is 0 Å². The van der Waals surface area contributed by atoms with Crippen molar-refractivity contribution in [1.29, 1.82) is 0 Å². The maximum atomic E-state index is 12.7. The fourth-order valence-electron chi connectivity index (χ4n) is 1.71. The van der Waals surface area contributed by atoms with Gasteiger partial charge in [-0.15, -0.1) is 11.8 Å². The van der Waals surface area contributed by atoms with Crippen molar-refractivity contribution in [3.63, 3.8) is 0 Å². The molecule has 0 spiro atoms. The maximum absolute atomic E-state index is 12.7. The minimum absolute atomic E-state index is 0. The summed E-state index contributed by atoms with van der Waals surface area (Å²) < 4.78 is 0.974. The van der Waals surface area contributed by atoms with Crippen LogP contribution in [-0.4, -0.2) is 0 Å². The maximum Gasteiger partial charge on any atom is 1.00 e. The van der Waals surface area contributed by atoms with Crippen molar-refractivity contribution in [2.45, 2.75) is 6.92 Å². The third-order valence-corrected chi connectivity index (χ3v) is 6.40. The average Bonchev–Trinajstić information content (AvgIpc) is 2.29. The molecule has 0 N–H and O–H groups in total. The monoisotopic (exact) mass is 364 g/mol. The zero-order chi connectivity index (χ0) is 12.5. The van der Waals surface area contributed by atoms with E-state index in [2.05, 4.69) is 15.9 Å². The minimum Gasteiger partial charge on any atom is -0.814 e. The number of aryl methyl sites for hydroxylation is 1. The van der Waals surface area contributed by atoms with Crippen molar-refractivity contribution in [1.82, 2.24) is 0 Å². The Hall–Kier alpha value is 1.17. The summed E-state index contributed by atoms with van der Waals surface area (Å²) in [5, 5.41) is 1.47. The summed E-state index contributed by atoms with van der Waals surface area (Å²) in [6, 6.07) is 14.9. The van der Waals surface area contributed by atoms with Gasteiger partial charge in [-0.1, -0.05) is 58.6 Å². The molecular formula is C13H11BrKOPS. The van der Waals surface area contributed by atoms with Crippen LogP contribution in [-0.2, 0) is 11.8 Å². The Kier molecular flexibility index (Phi) is 6.94. The van der Waals surface area contributed by atoms with Crippen molar-refractivity contribution in [3.05, 3.63) is 58.6 Å². The molecule has 0 aliphatic carbocycles. The average molecular weight is 365 g/mol. The molecule has 0 amide bonds. The van der Waals surface area contributed by atoms with E-state index in [1.165, 1.54) is 0 Å². The quantitative estimate of drug-likeness (QED) is 0.528. The van der Waals surface area contributed by atoms with Gasteiger partial charge < -0.3 is 4.89 Å². The molecule has 0 aliphatic rings. The van der Waals surface area contributed by atoms with Crippen LogP contribution in [0.25, 0.3) is 0 Å². The molecule has 2 rings (SSSR count). The molecule has 1 unspecified atom stereocenters. The molecule has 0 saturated carbocycles. The minimum atomic E-state index is -2.89. The van der Waals surface area contributed by atoms with E-state index in [9.17, 15) is 4.89 Å². The standard InChI is InChI=1S/C13H12BrOPS.K/c1-10-9-11(14)7-8-13(10)16(15,17)12-5-3-2-4-6-12;/h2-9H,1H3,(H,15,17);/q;+1/p-1. The molecule has 0 aliphatic heterocycles. The second-order valence-corrected chi connectivity index (χ2v) is 8.38. The van der Waals surface area contributed by atoms with Gasteiger partial charge >= 0.3 is 51.4 Å². The Bertz CT molecular complexity index is 589. The first-order valence-corrected chi connectivity index (χ1v) is 8.66. The van der Waals surface area contributed by atoms with E-state index in [-0.39, 0.29) is 51.4 Å². The Balaban J connectivity index is 0.00000162. The molecule has 0 radical (unpaired) electrons. The van der Waals surface area contributed by atoms with Crippen LogP contribution in [0, 0.1) is 6.92 Å². The van der Waals surface area contributed by atoms with Gasteiger partial charge in [0, 0.05) is 4.47 Å². The first-order valence-electron chi connectivity index (χ1n) is 5.15. The largest absolute Gasteiger partial charge is 1.00 e. The van der Waals surface area contributed by atoms with Crippen LogP contribution in [0.3, 0.4) is 0 Å². The fraction of sp³-hybridized carbons (Fsp3) is 0.0769. The topological polar surface area (TPSA) is 23.1 Å². The van der Waals surface area contributed by atoms with Gasteiger partial charge in [0.15, 0.2) is 0 Å². The van der Waals surface area contributed by atoms with Gasteiger partial charge in [-0.05, 0) is 35.2 Å². The van der Waals surface area contributed by atoms with Crippen molar-refractivity contribution < 1.29 is 56.3 Å². The van der Waals surface area contributed by atoms with E-state index in [1.54, 1.807) is 0 Å². The Morgan fingerprint density at radius 3 is 2.28 bits per heavy atom. The van der Waals surface area contributed by atoms with Gasteiger partial charge in [0.2, 0.25) is 0 Å². The molecule has 0 saturated heterocycles. The Morgan fingerprint density at radius 1 is 1.11 bits per heavy atom. The zero-order valence-corrected chi connectivity index (χ0v) is 16.7. The molecule has 0 bridgehead atoms. The third kappa shape index (κ3) is 3.84. The van der Waals surface area contributed by atoms with Gasteiger partial charge in [0.05, 0.1) is 0 Å². The Labute approximate surface area is 164 Å².